The fourth-order valence-electron chi connectivity index (χ4n) is 5.73. The van der Waals surface area contributed by atoms with Crippen LogP contribution in [-0.2, 0) is 27.1 Å². The molecule has 0 spiro atoms. The second kappa shape index (κ2) is 10.1. The molecule has 2 aromatic carbocycles. The molecule has 1 heterocycles. The Morgan fingerprint density at radius 2 is 1.79 bits per heavy atom. The molecule has 1 aliphatic heterocycles. The van der Waals surface area contributed by atoms with Crippen molar-refractivity contribution < 1.29 is 24.5 Å². The first-order valence-corrected chi connectivity index (χ1v) is 12.9. The smallest absolute Gasteiger partial charge is 0.331 e. The zero-order chi connectivity index (χ0) is 27.8. The Morgan fingerprint density at radius 1 is 1.05 bits per heavy atom. The van der Waals surface area contributed by atoms with Crippen LogP contribution < -0.4 is 15.6 Å². The predicted octanol–water partition coefficient (Wildman–Crippen LogP) is 5.57. The van der Waals surface area contributed by atoms with E-state index in [0.717, 1.165) is 34.4 Å². The Labute approximate surface area is 223 Å². The number of carboxylic acid groups (broad SMARTS) is 2. The van der Waals surface area contributed by atoms with Gasteiger partial charge >= 0.3 is 11.9 Å². The molecule has 4 rings (SSSR count). The molecule has 7 heteroatoms. The Morgan fingerprint density at radius 3 is 2.42 bits per heavy atom. The number of hydrazine groups is 1. The summed E-state index contributed by atoms with van der Waals surface area (Å²) in [7, 11) is 0. The first kappa shape index (κ1) is 27.2. The van der Waals surface area contributed by atoms with E-state index in [1.165, 1.54) is 5.57 Å². The number of carbonyl (C=O) groups is 2. The number of rotatable bonds is 8. The highest BCUT2D eigenvalue weighted by atomic mass is 16.5. The molecular formula is C31H36N2O5. The largest absolute Gasteiger partial charge is 0.489 e. The summed E-state index contributed by atoms with van der Waals surface area (Å²) in [5.74, 6) is -1.48. The molecule has 38 heavy (non-hydrogen) atoms. The van der Waals surface area contributed by atoms with Crippen molar-refractivity contribution >= 4 is 11.9 Å². The van der Waals surface area contributed by atoms with Gasteiger partial charge in [-0.15, -0.1) is 0 Å². The lowest BCUT2D eigenvalue weighted by molar-refractivity contribution is -0.142. The average Bonchev–Trinajstić information content (AvgIpc) is 3.18. The van der Waals surface area contributed by atoms with Crippen molar-refractivity contribution in [1.29, 1.82) is 0 Å². The lowest BCUT2D eigenvalue weighted by atomic mass is 9.69. The number of carboxylic acids is 2. The molecule has 0 amide bonds. The molecule has 0 saturated carbocycles. The van der Waals surface area contributed by atoms with Gasteiger partial charge < -0.3 is 20.4 Å². The van der Waals surface area contributed by atoms with Crippen LogP contribution in [0.1, 0.15) is 68.4 Å². The summed E-state index contributed by atoms with van der Waals surface area (Å²) in [6.45, 7) is 12.2. The summed E-state index contributed by atoms with van der Waals surface area (Å²) in [6, 6.07) is 11.6. The van der Waals surface area contributed by atoms with Gasteiger partial charge in [-0.25, -0.2) is 10.2 Å². The zero-order valence-electron chi connectivity index (χ0n) is 22.9. The van der Waals surface area contributed by atoms with Gasteiger partial charge in [0.25, 0.3) is 0 Å². The fraction of sp³-hybridized carbons (Fsp3) is 0.355. The summed E-state index contributed by atoms with van der Waals surface area (Å²) in [5, 5.41) is 20.1. The first-order valence-electron chi connectivity index (χ1n) is 12.9. The maximum absolute atomic E-state index is 12.7. The molecule has 0 radical (unpaired) electrons. The van der Waals surface area contributed by atoms with Crippen LogP contribution in [0.4, 0.5) is 0 Å². The van der Waals surface area contributed by atoms with Gasteiger partial charge in [0.15, 0.2) is 0 Å². The third-order valence-electron chi connectivity index (χ3n) is 8.11. The van der Waals surface area contributed by atoms with E-state index in [2.05, 4.69) is 43.8 Å². The number of benzene rings is 2. The molecule has 7 nitrogen and oxygen atoms in total. The van der Waals surface area contributed by atoms with Crippen LogP contribution in [0.2, 0.25) is 0 Å². The van der Waals surface area contributed by atoms with Gasteiger partial charge in [-0.3, -0.25) is 4.79 Å². The predicted molar refractivity (Wildman–Crippen MR) is 147 cm³/mol. The fourth-order valence-corrected chi connectivity index (χ4v) is 5.73. The molecule has 200 valence electrons. The van der Waals surface area contributed by atoms with Gasteiger partial charge in [0.2, 0.25) is 0 Å². The van der Waals surface area contributed by atoms with Crippen molar-refractivity contribution in [1.82, 2.24) is 10.9 Å². The molecule has 1 aliphatic carbocycles. The third kappa shape index (κ3) is 4.52. The minimum absolute atomic E-state index is 0.106. The maximum Gasteiger partial charge on any atom is 0.331 e. The van der Waals surface area contributed by atoms with Crippen molar-refractivity contribution in [2.45, 2.75) is 71.9 Å². The van der Waals surface area contributed by atoms with Crippen molar-refractivity contribution in [3.05, 3.63) is 98.8 Å². The first-order chi connectivity index (χ1) is 17.9. The van der Waals surface area contributed by atoms with E-state index in [9.17, 15) is 19.8 Å². The third-order valence-corrected chi connectivity index (χ3v) is 8.11. The highest BCUT2D eigenvalue weighted by molar-refractivity contribution is 5.94. The lowest BCUT2D eigenvalue weighted by Crippen LogP contribution is -2.41. The van der Waals surface area contributed by atoms with Crippen LogP contribution in [0.5, 0.6) is 5.75 Å². The molecule has 2 aliphatic rings. The van der Waals surface area contributed by atoms with Gasteiger partial charge in [0, 0.05) is 17.7 Å². The lowest BCUT2D eigenvalue weighted by Gasteiger charge is -2.33. The summed E-state index contributed by atoms with van der Waals surface area (Å²) in [5.41, 5.74) is 12.2. The minimum Gasteiger partial charge on any atom is -0.489 e. The second-order valence-electron chi connectivity index (χ2n) is 10.5. The number of hydrogen-bond donors (Lipinski definition) is 4. The van der Waals surface area contributed by atoms with Crippen molar-refractivity contribution in [3.8, 4) is 5.75 Å². The van der Waals surface area contributed by atoms with Gasteiger partial charge in [-0.2, -0.15) is 0 Å². The Kier molecular flexibility index (Phi) is 7.26. The molecule has 0 fully saturated rings. The average molecular weight is 517 g/mol. The van der Waals surface area contributed by atoms with Gasteiger partial charge in [0.1, 0.15) is 17.8 Å². The molecule has 2 atom stereocenters. The summed E-state index contributed by atoms with van der Waals surface area (Å²) >= 11 is 0. The van der Waals surface area contributed by atoms with Crippen LogP contribution in [-0.4, -0.2) is 22.2 Å². The quantitative estimate of drug-likeness (QED) is 0.363. The van der Waals surface area contributed by atoms with Crippen molar-refractivity contribution in [2.24, 2.45) is 0 Å². The van der Waals surface area contributed by atoms with Crippen LogP contribution in [0, 0.1) is 13.8 Å². The SMILES string of the molecule is CCC1=C(C)NNC1(C)c1ccc(OCc2c(C)cccc2C2(C(=O)O)C=CC(C)=C(C(=O)O)C2)c(C)c1. The van der Waals surface area contributed by atoms with E-state index in [0.29, 0.717) is 16.9 Å². The monoisotopic (exact) mass is 516 g/mol. The van der Waals surface area contributed by atoms with Crippen molar-refractivity contribution in [3.63, 3.8) is 0 Å². The number of aryl methyl sites for hydroxylation is 2. The number of allylic oxidation sites excluding steroid dienone is 3. The minimum atomic E-state index is -1.49. The second-order valence-corrected chi connectivity index (χ2v) is 10.5. The van der Waals surface area contributed by atoms with Gasteiger partial charge in [0.05, 0.1) is 5.54 Å². The molecule has 4 N–H and O–H groups in total. The van der Waals surface area contributed by atoms with E-state index in [4.69, 9.17) is 4.74 Å². The summed E-state index contributed by atoms with van der Waals surface area (Å²) < 4.78 is 6.29. The topological polar surface area (TPSA) is 108 Å². The molecule has 2 unspecified atom stereocenters. The molecule has 0 aromatic heterocycles. The highest BCUT2D eigenvalue weighted by Gasteiger charge is 2.44. The standard InChI is InChI=1S/C31H36N2O5/c1-7-25-21(5)32-33-30(25,6)22-11-12-27(20(4)15-22)38-17-24-18(2)9-8-10-26(24)31(29(36)37)14-13-19(3)23(16-31)28(34)35/h8-15,32-33H,7,16-17H2,1-6H3,(H,34,35)(H,36,37). The van der Waals surface area contributed by atoms with Crippen molar-refractivity contribution in [2.75, 3.05) is 0 Å². The van der Waals surface area contributed by atoms with E-state index < -0.39 is 17.4 Å². The highest BCUT2D eigenvalue weighted by Crippen LogP contribution is 2.41. The number of ether oxygens (including phenoxy) is 1. The van der Waals surface area contributed by atoms with E-state index >= 15 is 0 Å². The van der Waals surface area contributed by atoms with Crippen LogP contribution in [0.25, 0.3) is 0 Å². The van der Waals surface area contributed by atoms with Crippen LogP contribution in [0.15, 0.2) is 71.0 Å². The summed E-state index contributed by atoms with van der Waals surface area (Å²) in [4.78, 5) is 24.6. The number of nitrogens with one attached hydrogen (secondary N) is 2. The maximum atomic E-state index is 12.7. The van der Waals surface area contributed by atoms with Crippen LogP contribution in [0.3, 0.4) is 0 Å². The van der Waals surface area contributed by atoms with Crippen LogP contribution >= 0.6 is 0 Å². The number of aliphatic carboxylic acids is 2. The Hall–Kier alpha value is -3.84. The normalized spacial score (nSPS) is 23.0. The van der Waals surface area contributed by atoms with E-state index in [1.807, 2.05) is 32.0 Å². The van der Waals surface area contributed by atoms with E-state index in [1.54, 1.807) is 25.1 Å². The zero-order valence-corrected chi connectivity index (χ0v) is 22.9. The molecule has 0 saturated heterocycles. The summed E-state index contributed by atoms with van der Waals surface area (Å²) in [6.07, 6.45) is 4.01. The molecule has 0 bridgehead atoms. The Balaban J connectivity index is 1.66. The van der Waals surface area contributed by atoms with Gasteiger partial charge in [-0.1, -0.05) is 49.4 Å². The number of hydrogen-bond acceptors (Lipinski definition) is 5. The van der Waals surface area contributed by atoms with E-state index in [-0.39, 0.29) is 24.1 Å². The van der Waals surface area contributed by atoms with Gasteiger partial charge in [-0.05, 0) is 86.1 Å². The molecule has 2 aromatic rings. The molecular weight excluding hydrogens is 480 g/mol. The Bertz CT molecular complexity index is 1400.